The van der Waals surface area contributed by atoms with Gasteiger partial charge in [0.25, 0.3) is 0 Å². The van der Waals surface area contributed by atoms with E-state index in [-0.39, 0.29) is 0 Å². The van der Waals surface area contributed by atoms with E-state index < -0.39 is 0 Å². The normalized spacial score (nSPS) is 13.2. The molecule has 1 aliphatic rings. The first-order chi connectivity index (χ1) is 10.4. The molecule has 21 heavy (non-hydrogen) atoms. The molecule has 3 aromatic rings. The highest BCUT2D eigenvalue weighted by Crippen LogP contribution is 2.39. The van der Waals surface area contributed by atoms with Crippen LogP contribution in [0.4, 0.5) is 0 Å². The minimum atomic E-state index is 0.771. The van der Waals surface area contributed by atoms with Crippen LogP contribution in [0, 0.1) is 0 Å². The Hall–Kier alpha value is -2.10. The second kappa shape index (κ2) is 5.02. The summed E-state index contributed by atoms with van der Waals surface area (Å²) in [5, 5.41) is 1.39. The van der Waals surface area contributed by atoms with Crippen molar-refractivity contribution in [1.29, 1.82) is 0 Å². The predicted molar refractivity (Wildman–Crippen MR) is 87.0 cm³/mol. The molecule has 0 fully saturated rings. The Bertz CT molecular complexity index is 801. The van der Waals surface area contributed by atoms with Gasteiger partial charge in [0.2, 0.25) is 0 Å². The summed E-state index contributed by atoms with van der Waals surface area (Å²) >= 11 is 0. The molecule has 1 heterocycles. The third kappa shape index (κ3) is 1.89. The monoisotopic (exact) mass is 277 g/mol. The molecule has 0 radical (unpaired) electrons. The van der Waals surface area contributed by atoms with Gasteiger partial charge in [-0.25, -0.2) is 0 Å². The van der Waals surface area contributed by atoms with Gasteiger partial charge in [-0.3, -0.25) is 11.3 Å². The van der Waals surface area contributed by atoms with E-state index >= 15 is 0 Å². The zero-order chi connectivity index (χ0) is 14.2. The number of aromatic nitrogens is 1. The van der Waals surface area contributed by atoms with Crippen molar-refractivity contribution >= 4 is 10.9 Å². The lowest BCUT2D eigenvalue weighted by molar-refractivity contribution is 0.632. The molecule has 0 unspecified atom stereocenters. The molecule has 3 nitrogen and oxygen atoms in total. The molecule has 4 rings (SSSR count). The van der Waals surface area contributed by atoms with Crippen LogP contribution in [0.15, 0.2) is 48.5 Å². The first kappa shape index (κ1) is 12.6. The molecule has 106 valence electrons. The van der Waals surface area contributed by atoms with Crippen molar-refractivity contribution in [2.75, 3.05) is 6.54 Å². The molecule has 0 amide bonds. The highest BCUT2D eigenvalue weighted by atomic mass is 15.2. The summed E-state index contributed by atoms with van der Waals surface area (Å²) in [7, 11) is 0. The fraction of sp³-hybridized carbons (Fsp3) is 0.222. The summed E-state index contributed by atoms with van der Waals surface area (Å²) in [4.78, 5) is 0. The van der Waals surface area contributed by atoms with E-state index in [1.807, 2.05) is 0 Å². The van der Waals surface area contributed by atoms with E-state index in [9.17, 15) is 0 Å². The van der Waals surface area contributed by atoms with E-state index in [0.717, 1.165) is 25.9 Å². The molecule has 0 saturated heterocycles. The van der Waals surface area contributed by atoms with Crippen molar-refractivity contribution in [3.05, 3.63) is 59.7 Å². The summed E-state index contributed by atoms with van der Waals surface area (Å²) in [6.45, 7) is 1.66. The summed E-state index contributed by atoms with van der Waals surface area (Å²) in [6, 6.07) is 17.5. The minimum absolute atomic E-state index is 0.771. The maximum absolute atomic E-state index is 5.50. The summed E-state index contributed by atoms with van der Waals surface area (Å²) in [5.41, 5.74) is 9.80. The molecule has 1 aromatic heterocycles. The quantitative estimate of drug-likeness (QED) is 0.571. The average Bonchev–Trinajstić information content (AvgIpc) is 2.87. The number of aryl methyl sites for hydroxylation is 2. The molecule has 1 aliphatic carbocycles. The van der Waals surface area contributed by atoms with E-state index in [4.69, 9.17) is 5.84 Å². The van der Waals surface area contributed by atoms with E-state index in [1.165, 1.54) is 33.3 Å². The Labute approximate surface area is 124 Å². The molecular formula is C18H19N3. The Balaban J connectivity index is 2.03. The maximum atomic E-state index is 5.50. The van der Waals surface area contributed by atoms with Gasteiger partial charge in [-0.1, -0.05) is 42.5 Å². The maximum Gasteiger partial charge on any atom is 0.0527 e. The van der Waals surface area contributed by atoms with E-state index in [0.29, 0.717) is 0 Å². The zero-order valence-electron chi connectivity index (χ0n) is 12.0. The SMILES string of the molecule is NNCCn1c2c(c3ccccc31)CCc1ccccc1-2. The Morgan fingerprint density at radius 2 is 1.81 bits per heavy atom. The van der Waals surface area contributed by atoms with Crippen LogP contribution >= 0.6 is 0 Å². The van der Waals surface area contributed by atoms with Crippen LogP contribution in [0.5, 0.6) is 0 Å². The van der Waals surface area contributed by atoms with Crippen LogP contribution in [0.2, 0.25) is 0 Å². The molecular weight excluding hydrogens is 258 g/mol. The average molecular weight is 277 g/mol. The van der Waals surface area contributed by atoms with Gasteiger partial charge < -0.3 is 4.57 Å². The van der Waals surface area contributed by atoms with Gasteiger partial charge in [0.05, 0.1) is 5.69 Å². The fourth-order valence-electron chi connectivity index (χ4n) is 3.57. The van der Waals surface area contributed by atoms with Crippen molar-refractivity contribution < 1.29 is 0 Å². The topological polar surface area (TPSA) is 43.0 Å². The van der Waals surface area contributed by atoms with Crippen molar-refractivity contribution in [2.24, 2.45) is 5.84 Å². The van der Waals surface area contributed by atoms with Gasteiger partial charge in [0, 0.05) is 29.6 Å². The number of hydrazine groups is 1. The van der Waals surface area contributed by atoms with Gasteiger partial charge in [0.1, 0.15) is 0 Å². The van der Waals surface area contributed by atoms with Crippen LogP contribution in [0.3, 0.4) is 0 Å². The predicted octanol–water partition coefficient (Wildman–Crippen LogP) is 2.87. The Morgan fingerprint density at radius 1 is 1.00 bits per heavy atom. The molecule has 2 aromatic carbocycles. The standard InChI is InChI=1S/C18H19N3/c19-20-11-12-21-17-8-4-3-7-15(17)16-10-9-13-5-1-2-6-14(13)18(16)21/h1-8,20H,9-12,19H2. The van der Waals surface area contributed by atoms with Crippen LogP contribution in [-0.2, 0) is 19.4 Å². The largest absolute Gasteiger partial charge is 0.339 e. The molecule has 0 saturated carbocycles. The molecule has 3 N–H and O–H groups in total. The van der Waals surface area contributed by atoms with Crippen LogP contribution in [-0.4, -0.2) is 11.1 Å². The van der Waals surface area contributed by atoms with Gasteiger partial charge >= 0.3 is 0 Å². The fourth-order valence-corrected chi connectivity index (χ4v) is 3.57. The number of hydrogen-bond acceptors (Lipinski definition) is 2. The number of hydrogen-bond donors (Lipinski definition) is 2. The third-order valence-corrected chi connectivity index (χ3v) is 4.47. The number of fused-ring (bicyclic) bond motifs is 5. The van der Waals surface area contributed by atoms with Crippen molar-refractivity contribution in [1.82, 2.24) is 9.99 Å². The second-order valence-electron chi connectivity index (χ2n) is 5.61. The lowest BCUT2D eigenvalue weighted by Crippen LogP contribution is -2.26. The zero-order valence-corrected chi connectivity index (χ0v) is 12.0. The van der Waals surface area contributed by atoms with E-state index in [1.54, 1.807) is 0 Å². The summed E-state index contributed by atoms with van der Waals surface area (Å²) in [5.74, 6) is 5.50. The Morgan fingerprint density at radius 3 is 2.71 bits per heavy atom. The van der Waals surface area contributed by atoms with Crippen LogP contribution in [0.1, 0.15) is 11.1 Å². The molecule has 3 heteroatoms. The molecule has 0 spiro atoms. The van der Waals surface area contributed by atoms with Crippen molar-refractivity contribution in [3.63, 3.8) is 0 Å². The van der Waals surface area contributed by atoms with Gasteiger partial charge in [-0.05, 0) is 30.0 Å². The first-order valence-corrected chi connectivity index (χ1v) is 7.52. The van der Waals surface area contributed by atoms with Gasteiger partial charge in [-0.2, -0.15) is 0 Å². The second-order valence-corrected chi connectivity index (χ2v) is 5.61. The highest BCUT2D eigenvalue weighted by Gasteiger charge is 2.23. The molecule has 0 aliphatic heterocycles. The Kier molecular flexibility index (Phi) is 3.02. The van der Waals surface area contributed by atoms with Gasteiger partial charge in [-0.15, -0.1) is 0 Å². The molecule has 0 bridgehead atoms. The number of nitrogens with one attached hydrogen (secondary N) is 1. The summed E-state index contributed by atoms with van der Waals surface area (Å²) in [6.07, 6.45) is 2.25. The molecule has 0 atom stereocenters. The van der Waals surface area contributed by atoms with Crippen molar-refractivity contribution in [2.45, 2.75) is 19.4 Å². The smallest absolute Gasteiger partial charge is 0.0527 e. The summed E-state index contributed by atoms with van der Waals surface area (Å²) < 4.78 is 2.42. The third-order valence-electron chi connectivity index (χ3n) is 4.47. The van der Waals surface area contributed by atoms with Gasteiger partial charge in [0.15, 0.2) is 0 Å². The lowest BCUT2D eigenvalue weighted by Gasteiger charge is -2.20. The number of nitrogens with two attached hydrogens (primary N) is 1. The number of benzene rings is 2. The van der Waals surface area contributed by atoms with Crippen molar-refractivity contribution in [3.8, 4) is 11.3 Å². The van der Waals surface area contributed by atoms with Crippen LogP contribution in [0.25, 0.3) is 22.2 Å². The highest BCUT2D eigenvalue weighted by molar-refractivity contribution is 5.93. The number of nitrogens with zero attached hydrogens (tertiary/aromatic N) is 1. The number of rotatable bonds is 3. The minimum Gasteiger partial charge on any atom is -0.339 e. The number of para-hydroxylation sites is 1. The van der Waals surface area contributed by atoms with Crippen LogP contribution < -0.4 is 11.3 Å². The first-order valence-electron chi connectivity index (χ1n) is 7.52. The lowest BCUT2D eigenvalue weighted by atomic mass is 9.89. The van der Waals surface area contributed by atoms with E-state index in [2.05, 4.69) is 58.5 Å².